The third kappa shape index (κ3) is 3.35. The summed E-state index contributed by atoms with van der Waals surface area (Å²) in [4.78, 5) is 4.48. The van der Waals surface area contributed by atoms with E-state index in [0.29, 0.717) is 0 Å². The zero-order valence-corrected chi connectivity index (χ0v) is 12.8. The van der Waals surface area contributed by atoms with E-state index in [4.69, 9.17) is 4.74 Å². The molecule has 2 rings (SSSR count). The lowest BCUT2D eigenvalue weighted by atomic mass is 10.1. The highest BCUT2D eigenvalue weighted by Crippen LogP contribution is 2.17. The number of nitrogens with zero attached hydrogens (tertiary/aromatic N) is 3. The Kier molecular flexibility index (Phi) is 5.09. The van der Waals surface area contributed by atoms with Gasteiger partial charge in [-0.05, 0) is 40.2 Å². The van der Waals surface area contributed by atoms with Crippen LogP contribution in [0.15, 0.2) is 12.3 Å². The topological polar surface area (TPSA) is 51.5 Å². The zero-order chi connectivity index (χ0) is 14.5. The summed E-state index contributed by atoms with van der Waals surface area (Å²) in [5, 5.41) is 8.02. The molecule has 0 bridgehead atoms. The Hall–Kier alpha value is -1.46. The molecule has 5 heteroatoms. The highest BCUT2D eigenvalue weighted by Gasteiger charge is 2.12. The summed E-state index contributed by atoms with van der Waals surface area (Å²) >= 11 is 0. The fourth-order valence-corrected chi connectivity index (χ4v) is 2.40. The van der Waals surface area contributed by atoms with Crippen LogP contribution in [0.5, 0.6) is 0 Å². The van der Waals surface area contributed by atoms with Crippen LogP contribution >= 0.6 is 0 Å². The van der Waals surface area contributed by atoms with Crippen molar-refractivity contribution in [1.82, 2.24) is 19.9 Å². The molecule has 0 fully saturated rings. The molecule has 0 saturated heterocycles. The van der Waals surface area contributed by atoms with Gasteiger partial charge in [-0.2, -0.15) is 5.10 Å². The number of aromatic nitrogens is 3. The van der Waals surface area contributed by atoms with Gasteiger partial charge in [-0.3, -0.25) is 0 Å². The molecule has 0 saturated carbocycles. The van der Waals surface area contributed by atoms with Crippen LogP contribution in [0.2, 0.25) is 0 Å². The van der Waals surface area contributed by atoms with Gasteiger partial charge in [0.2, 0.25) is 0 Å². The number of hydrogen-bond donors (Lipinski definition) is 1. The van der Waals surface area contributed by atoms with Gasteiger partial charge >= 0.3 is 0 Å². The van der Waals surface area contributed by atoms with Crippen LogP contribution in [0, 0.1) is 13.8 Å². The van der Waals surface area contributed by atoms with E-state index in [0.717, 1.165) is 43.0 Å². The maximum atomic E-state index is 5.05. The Bertz CT molecular complexity index is 564. The van der Waals surface area contributed by atoms with E-state index >= 15 is 0 Å². The molecule has 0 radical (unpaired) electrons. The Morgan fingerprint density at radius 2 is 2.15 bits per heavy atom. The predicted molar refractivity (Wildman–Crippen MR) is 80.0 cm³/mol. The van der Waals surface area contributed by atoms with E-state index < -0.39 is 0 Å². The first-order chi connectivity index (χ1) is 9.63. The molecule has 2 aromatic rings. The molecule has 0 aliphatic carbocycles. The van der Waals surface area contributed by atoms with Gasteiger partial charge in [0.1, 0.15) is 0 Å². The first kappa shape index (κ1) is 14.9. The Labute approximate surface area is 120 Å². The molecule has 1 unspecified atom stereocenters. The highest BCUT2D eigenvalue weighted by atomic mass is 16.5. The monoisotopic (exact) mass is 276 g/mol. The average molecular weight is 276 g/mol. The summed E-state index contributed by atoms with van der Waals surface area (Å²) in [6.07, 6.45) is 4.16. The predicted octanol–water partition coefficient (Wildman–Crippen LogP) is 2.42. The smallest absolute Gasteiger partial charge is 0.155 e. The molecule has 2 aromatic heterocycles. The van der Waals surface area contributed by atoms with Crippen LogP contribution in [0.3, 0.4) is 0 Å². The van der Waals surface area contributed by atoms with Crippen LogP contribution in [-0.2, 0) is 4.74 Å². The van der Waals surface area contributed by atoms with Crippen LogP contribution in [0.25, 0.3) is 5.65 Å². The second-order valence-corrected chi connectivity index (χ2v) is 5.23. The van der Waals surface area contributed by atoms with E-state index in [9.17, 15) is 0 Å². The molecular formula is C15H24N4O. The van der Waals surface area contributed by atoms with Gasteiger partial charge in [0, 0.05) is 43.3 Å². The molecular weight excluding hydrogens is 252 g/mol. The first-order valence-electron chi connectivity index (χ1n) is 7.17. The van der Waals surface area contributed by atoms with Crippen molar-refractivity contribution in [3.05, 3.63) is 29.2 Å². The number of rotatable bonds is 7. The molecule has 2 heterocycles. The standard InChI is InChI=1S/C15H24N4O/c1-11-9-15-17-10-14(13(3)19(15)18-11)12(2)16-7-5-6-8-20-4/h9-10,12,16H,5-8H2,1-4H3. The Morgan fingerprint density at radius 1 is 1.35 bits per heavy atom. The molecule has 0 aliphatic heterocycles. The fourth-order valence-electron chi connectivity index (χ4n) is 2.40. The van der Waals surface area contributed by atoms with E-state index in [1.54, 1.807) is 7.11 Å². The van der Waals surface area contributed by atoms with Gasteiger partial charge in [-0.15, -0.1) is 0 Å². The summed E-state index contributed by atoms with van der Waals surface area (Å²) in [5.74, 6) is 0. The van der Waals surface area contributed by atoms with Crippen molar-refractivity contribution in [3.63, 3.8) is 0 Å². The van der Waals surface area contributed by atoms with Gasteiger partial charge in [0.05, 0.1) is 5.69 Å². The first-order valence-corrected chi connectivity index (χ1v) is 7.17. The third-order valence-electron chi connectivity index (χ3n) is 3.58. The van der Waals surface area contributed by atoms with Crippen molar-refractivity contribution in [2.45, 2.75) is 39.7 Å². The maximum absolute atomic E-state index is 5.05. The molecule has 20 heavy (non-hydrogen) atoms. The van der Waals surface area contributed by atoms with E-state index in [1.165, 1.54) is 5.56 Å². The highest BCUT2D eigenvalue weighted by molar-refractivity contribution is 5.42. The normalized spacial score (nSPS) is 13.0. The molecule has 1 atom stereocenters. The van der Waals surface area contributed by atoms with E-state index in [2.05, 4.69) is 29.2 Å². The second-order valence-electron chi connectivity index (χ2n) is 5.23. The number of fused-ring (bicyclic) bond motifs is 1. The zero-order valence-electron chi connectivity index (χ0n) is 12.8. The van der Waals surface area contributed by atoms with Crippen molar-refractivity contribution >= 4 is 5.65 Å². The van der Waals surface area contributed by atoms with Crippen molar-refractivity contribution in [3.8, 4) is 0 Å². The molecule has 0 spiro atoms. The number of hydrogen-bond acceptors (Lipinski definition) is 4. The quantitative estimate of drug-likeness (QED) is 0.789. The summed E-state index contributed by atoms with van der Waals surface area (Å²) in [5.41, 5.74) is 4.27. The van der Waals surface area contributed by atoms with Crippen LogP contribution in [-0.4, -0.2) is 34.9 Å². The number of nitrogens with one attached hydrogen (secondary N) is 1. The number of aryl methyl sites for hydroxylation is 2. The number of ether oxygens (including phenoxy) is 1. The van der Waals surface area contributed by atoms with Crippen molar-refractivity contribution in [2.75, 3.05) is 20.3 Å². The average Bonchev–Trinajstić information content (AvgIpc) is 2.80. The summed E-state index contributed by atoms with van der Waals surface area (Å²) in [6, 6.07) is 2.28. The molecule has 1 N–H and O–H groups in total. The van der Waals surface area contributed by atoms with E-state index in [1.807, 2.05) is 23.7 Å². The molecule has 5 nitrogen and oxygen atoms in total. The lowest BCUT2D eigenvalue weighted by Crippen LogP contribution is -2.22. The largest absolute Gasteiger partial charge is 0.385 e. The maximum Gasteiger partial charge on any atom is 0.155 e. The lowest BCUT2D eigenvalue weighted by molar-refractivity contribution is 0.192. The second kappa shape index (κ2) is 6.81. The summed E-state index contributed by atoms with van der Waals surface area (Å²) < 4.78 is 6.98. The fraction of sp³-hybridized carbons (Fsp3) is 0.600. The Morgan fingerprint density at radius 3 is 2.90 bits per heavy atom. The molecule has 110 valence electrons. The summed E-state index contributed by atoms with van der Waals surface area (Å²) in [7, 11) is 1.74. The van der Waals surface area contributed by atoms with Crippen molar-refractivity contribution in [2.24, 2.45) is 0 Å². The molecule has 0 amide bonds. The number of methoxy groups -OCH3 is 1. The molecule has 0 aromatic carbocycles. The number of unbranched alkanes of at least 4 members (excludes halogenated alkanes) is 1. The van der Waals surface area contributed by atoms with E-state index in [-0.39, 0.29) is 6.04 Å². The van der Waals surface area contributed by atoms with Crippen molar-refractivity contribution in [1.29, 1.82) is 0 Å². The van der Waals surface area contributed by atoms with Crippen LogP contribution in [0.4, 0.5) is 0 Å². The molecule has 0 aliphatic rings. The van der Waals surface area contributed by atoms with Crippen molar-refractivity contribution < 1.29 is 4.74 Å². The van der Waals surface area contributed by atoms with Gasteiger partial charge < -0.3 is 10.1 Å². The SMILES string of the molecule is COCCCCNC(C)c1cnc2cc(C)nn2c1C. The minimum absolute atomic E-state index is 0.277. The Balaban J connectivity index is 2.02. The third-order valence-corrected chi connectivity index (χ3v) is 3.58. The van der Waals surface area contributed by atoms with Gasteiger partial charge in [-0.1, -0.05) is 0 Å². The van der Waals surface area contributed by atoms with Crippen LogP contribution in [0.1, 0.15) is 42.8 Å². The van der Waals surface area contributed by atoms with Gasteiger partial charge in [0.15, 0.2) is 5.65 Å². The lowest BCUT2D eigenvalue weighted by Gasteiger charge is -2.16. The minimum Gasteiger partial charge on any atom is -0.385 e. The van der Waals surface area contributed by atoms with Gasteiger partial charge in [-0.25, -0.2) is 9.50 Å². The van der Waals surface area contributed by atoms with Crippen LogP contribution < -0.4 is 5.32 Å². The summed E-state index contributed by atoms with van der Waals surface area (Å²) in [6.45, 7) is 8.07. The minimum atomic E-state index is 0.277. The van der Waals surface area contributed by atoms with Gasteiger partial charge in [0.25, 0.3) is 0 Å².